The van der Waals surface area contributed by atoms with Gasteiger partial charge >= 0.3 is 0 Å². The summed E-state index contributed by atoms with van der Waals surface area (Å²) in [5.74, 6) is -1.57. The molecule has 2 aromatic carbocycles. The average Bonchev–Trinajstić information content (AvgIpc) is 3.01. The predicted molar refractivity (Wildman–Crippen MR) is 81.3 cm³/mol. The first-order valence-corrected chi connectivity index (χ1v) is 6.85. The number of aromatic nitrogens is 1. The molecule has 3 aromatic rings. The van der Waals surface area contributed by atoms with E-state index >= 15 is 0 Å². The van der Waals surface area contributed by atoms with Gasteiger partial charge in [-0.15, -0.1) is 0 Å². The van der Waals surface area contributed by atoms with E-state index in [4.69, 9.17) is 10.3 Å². The molecule has 23 heavy (non-hydrogen) atoms. The van der Waals surface area contributed by atoms with Crippen molar-refractivity contribution in [3.05, 3.63) is 64.9 Å². The number of hydrogen-bond donors (Lipinski definition) is 2. The van der Waals surface area contributed by atoms with Crippen LogP contribution in [0.25, 0.3) is 11.3 Å². The molecule has 0 amide bonds. The summed E-state index contributed by atoms with van der Waals surface area (Å²) in [6, 6.07) is 11.6. The molecule has 0 fully saturated rings. The monoisotopic (exact) mass is 306 g/mol. The van der Waals surface area contributed by atoms with Gasteiger partial charge in [0, 0.05) is 11.3 Å². The summed E-state index contributed by atoms with van der Waals surface area (Å²) in [5.41, 5.74) is 6.83. The fourth-order valence-corrected chi connectivity index (χ4v) is 2.77. The van der Waals surface area contributed by atoms with Crippen molar-refractivity contribution in [3.8, 4) is 17.0 Å². The van der Waals surface area contributed by atoms with Crippen LogP contribution >= 0.6 is 0 Å². The molecule has 0 bridgehead atoms. The molecule has 1 aliphatic rings. The number of phenolic OH excluding ortho intramolecular Hbond substituents is 1. The van der Waals surface area contributed by atoms with Crippen LogP contribution in [0.3, 0.4) is 0 Å². The second kappa shape index (κ2) is 4.54. The highest BCUT2D eigenvalue weighted by atomic mass is 16.5. The van der Waals surface area contributed by atoms with Crippen LogP contribution in [-0.4, -0.2) is 21.8 Å². The highest BCUT2D eigenvalue weighted by molar-refractivity contribution is 6.31. The second-order valence-corrected chi connectivity index (χ2v) is 5.18. The molecule has 0 atom stereocenters. The zero-order valence-electron chi connectivity index (χ0n) is 11.7. The Hall–Kier alpha value is -3.41. The van der Waals surface area contributed by atoms with E-state index < -0.39 is 11.6 Å². The third-order valence-corrected chi connectivity index (χ3v) is 3.84. The summed E-state index contributed by atoms with van der Waals surface area (Å²) in [7, 11) is 0. The second-order valence-electron chi connectivity index (χ2n) is 5.18. The van der Waals surface area contributed by atoms with Crippen LogP contribution in [0.4, 0.5) is 5.69 Å². The molecule has 1 heterocycles. The van der Waals surface area contributed by atoms with Crippen LogP contribution in [0.15, 0.2) is 47.0 Å². The van der Waals surface area contributed by atoms with Crippen molar-refractivity contribution in [3.63, 3.8) is 0 Å². The molecule has 6 nitrogen and oxygen atoms in total. The number of hydrogen-bond acceptors (Lipinski definition) is 6. The van der Waals surface area contributed by atoms with Crippen molar-refractivity contribution in [1.82, 2.24) is 5.16 Å². The third kappa shape index (κ3) is 1.72. The summed E-state index contributed by atoms with van der Waals surface area (Å²) >= 11 is 0. The highest BCUT2D eigenvalue weighted by Crippen LogP contribution is 2.39. The van der Waals surface area contributed by atoms with Gasteiger partial charge in [-0.25, -0.2) is 0 Å². The SMILES string of the molecule is Nc1ccc(O)c2c1C(=O)c1c(-c3ccccc3)noc1C2=O. The Kier molecular flexibility index (Phi) is 2.62. The van der Waals surface area contributed by atoms with Gasteiger partial charge in [0.1, 0.15) is 17.0 Å². The molecule has 1 aliphatic carbocycles. The molecular weight excluding hydrogens is 296 g/mol. The van der Waals surface area contributed by atoms with Crippen LogP contribution in [0, 0.1) is 0 Å². The van der Waals surface area contributed by atoms with E-state index in [9.17, 15) is 14.7 Å². The summed E-state index contributed by atoms with van der Waals surface area (Å²) in [5, 5.41) is 13.8. The van der Waals surface area contributed by atoms with Crippen molar-refractivity contribution >= 4 is 17.3 Å². The predicted octanol–water partition coefficient (Wildman–Crippen LogP) is 2.40. The molecule has 0 saturated carbocycles. The lowest BCUT2D eigenvalue weighted by Crippen LogP contribution is -2.21. The topological polar surface area (TPSA) is 106 Å². The van der Waals surface area contributed by atoms with Crippen molar-refractivity contribution in [1.29, 1.82) is 0 Å². The molecule has 4 rings (SSSR count). The number of ketones is 2. The van der Waals surface area contributed by atoms with Crippen LogP contribution < -0.4 is 5.73 Å². The summed E-state index contributed by atoms with van der Waals surface area (Å²) in [6.45, 7) is 0. The Morgan fingerprint density at radius 3 is 2.39 bits per heavy atom. The molecule has 3 N–H and O–H groups in total. The Labute approximate surface area is 130 Å². The van der Waals surface area contributed by atoms with E-state index in [-0.39, 0.29) is 39.6 Å². The maximum Gasteiger partial charge on any atom is 0.236 e. The van der Waals surface area contributed by atoms with Crippen molar-refractivity contribution < 1.29 is 19.2 Å². The molecule has 0 spiro atoms. The summed E-state index contributed by atoms with van der Waals surface area (Å²) in [6.07, 6.45) is 0. The van der Waals surface area contributed by atoms with Crippen LogP contribution in [0.2, 0.25) is 0 Å². The quantitative estimate of drug-likeness (QED) is 0.413. The first-order valence-electron chi connectivity index (χ1n) is 6.85. The molecule has 0 saturated heterocycles. The minimum absolute atomic E-state index is 0.0112. The fourth-order valence-electron chi connectivity index (χ4n) is 2.77. The lowest BCUT2D eigenvalue weighted by molar-refractivity contribution is 0.0952. The zero-order chi connectivity index (χ0) is 16.1. The maximum atomic E-state index is 12.8. The smallest absolute Gasteiger partial charge is 0.236 e. The molecular formula is C17H10N2O4. The van der Waals surface area contributed by atoms with Gasteiger partial charge in [-0.1, -0.05) is 35.5 Å². The van der Waals surface area contributed by atoms with Crippen molar-refractivity contribution in [2.45, 2.75) is 0 Å². The normalized spacial score (nSPS) is 12.9. The van der Waals surface area contributed by atoms with Gasteiger partial charge in [-0.2, -0.15) is 0 Å². The van der Waals surface area contributed by atoms with E-state index in [1.165, 1.54) is 12.1 Å². The Bertz CT molecular complexity index is 974. The fraction of sp³-hybridized carbons (Fsp3) is 0. The Balaban J connectivity index is 2.01. The van der Waals surface area contributed by atoms with Crippen LogP contribution in [-0.2, 0) is 0 Å². The number of aromatic hydroxyl groups is 1. The highest BCUT2D eigenvalue weighted by Gasteiger charge is 2.39. The number of benzene rings is 2. The first-order chi connectivity index (χ1) is 11.1. The number of nitrogens with two attached hydrogens (primary N) is 1. The Morgan fingerprint density at radius 1 is 0.913 bits per heavy atom. The van der Waals surface area contributed by atoms with E-state index in [0.717, 1.165) is 0 Å². The molecule has 0 radical (unpaired) electrons. The third-order valence-electron chi connectivity index (χ3n) is 3.84. The van der Waals surface area contributed by atoms with Gasteiger partial charge in [0.05, 0.1) is 11.1 Å². The number of rotatable bonds is 1. The molecule has 1 aromatic heterocycles. The largest absolute Gasteiger partial charge is 0.507 e. The number of nitrogen functional groups attached to an aromatic ring is 1. The number of anilines is 1. The van der Waals surface area contributed by atoms with Crippen molar-refractivity contribution in [2.24, 2.45) is 0 Å². The van der Waals surface area contributed by atoms with Gasteiger partial charge in [-0.05, 0) is 12.1 Å². The van der Waals surface area contributed by atoms with Crippen LogP contribution in [0.5, 0.6) is 5.75 Å². The molecule has 6 heteroatoms. The van der Waals surface area contributed by atoms with Crippen LogP contribution in [0.1, 0.15) is 32.0 Å². The number of carbonyl (C=O) groups is 2. The van der Waals surface area contributed by atoms with Gasteiger partial charge in [0.2, 0.25) is 17.3 Å². The minimum Gasteiger partial charge on any atom is -0.507 e. The lowest BCUT2D eigenvalue weighted by atomic mass is 9.85. The standard InChI is InChI=1S/C17H10N2O4/c18-9-6-7-10(20)12-11(9)15(21)13-14(8-4-2-1-3-5-8)19-23-17(13)16(12)22/h1-7,20H,18H2. The lowest BCUT2D eigenvalue weighted by Gasteiger charge is -2.16. The van der Waals surface area contributed by atoms with Gasteiger partial charge in [0.25, 0.3) is 0 Å². The molecule has 0 aliphatic heterocycles. The van der Waals surface area contributed by atoms with E-state index in [1.807, 2.05) is 6.07 Å². The number of nitrogens with zero attached hydrogens (tertiary/aromatic N) is 1. The minimum atomic E-state index is -0.603. The molecule has 112 valence electrons. The number of fused-ring (bicyclic) bond motifs is 2. The van der Waals surface area contributed by atoms with E-state index in [0.29, 0.717) is 5.56 Å². The van der Waals surface area contributed by atoms with Gasteiger partial charge < -0.3 is 15.4 Å². The molecule has 0 unspecified atom stereocenters. The Morgan fingerprint density at radius 2 is 1.65 bits per heavy atom. The van der Waals surface area contributed by atoms with Gasteiger partial charge in [0.15, 0.2) is 0 Å². The zero-order valence-corrected chi connectivity index (χ0v) is 11.7. The number of carbonyl (C=O) groups excluding carboxylic acids is 2. The summed E-state index contributed by atoms with van der Waals surface area (Å²) in [4.78, 5) is 25.4. The van der Waals surface area contributed by atoms with E-state index in [1.54, 1.807) is 24.3 Å². The summed E-state index contributed by atoms with van der Waals surface area (Å²) < 4.78 is 5.10. The first kappa shape index (κ1) is 13.3. The number of phenols is 1. The maximum absolute atomic E-state index is 12.8. The average molecular weight is 306 g/mol. The van der Waals surface area contributed by atoms with Crippen molar-refractivity contribution in [2.75, 3.05) is 5.73 Å². The van der Waals surface area contributed by atoms with Gasteiger partial charge in [-0.3, -0.25) is 9.59 Å². The van der Waals surface area contributed by atoms with E-state index in [2.05, 4.69) is 5.16 Å².